The van der Waals surface area contributed by atoms with Gasteiger partial charge in [-0.3, -0.25) is 10.00 Å². The van der Waals surface area contributed by atoms with Gasteiger partial charge in [0, 0.05) is 23.9 Å². The fourth-order valence-corrected chi connectivity index (χ4v) is 2.94. The van der Waals surface area contributed by atoms with Crippen LogP contribution in [-0.2, 0) is 6.54 Å². The monoisotopic (exact) mass is 336 g/mol. The smallest absolute Gasteiger partial charge is 0.317 e. The molecule has 2 aromatic heterocycles. The number of nitrogens with zero attached hydrogens (tertiary/aromatic N) is 4. The molecular formula is C18H20N6O. The Morgan fingerprint density at radius 1 is 1.32 bits per heavy atom. The van der Waals surface area contributed by atoms with Gasteiger partial charge in [0.2, 0.25) is 0 Å². The molecule has 0 bridgehead atoms. The summed E-state index contributed by atoms with van der Waals surface area (Å²) in [6, 6.07) is 9.03. The second-order valence-electron chi connectivity index (χ2n) is 6.45. The zero-order valence-corrected chi connectivity index (χ0v) is 14.0. The topological polar surface area (TPSA) is 90.8 Å². The summed E-state index contributed by atoms with van der Waals surface area (Å²) in [7, 11) is 0. The van der Waals surface area contributed by atoms with Crippen molar-refractivity contribution < 1.29 is 4.79 Å². The molecule has 3 aromatic rings. The highest BCUT2D eigenvalue weighted by Crippen LogP contribution is 2.32. The third-order valence-corrected chi connectivity index (χ3v) is 4.41. The maximum Gasteiger partial charge on any atom is 0.317 e. The highest BCUT2D eigenvalue weighted by molar-refractivity contribution is 5.89. The van der Waals surface area contributed by atoms with E-state index >= 15 is 0 Å². The van der Waals surface area contributed by atoms with E-state index in [1.54, 1.807) is 4.68 Å². The van der Waals surface area contributed by atoms with Gasteiger partial charge >= 0.3 is 6.03 Å². The molecule has 0 spiro atoms. The number of amides is 2. The van der Waals surface area contributed by atoms with E-state index in [1.807, 2.05) is 54.3 Å². The number of carbonyl (C=O) groups is 1. The van der Waals surface area contributed by atoms with Crippen LogP contribution in [0.1, 0.15) is 18.4 Å². The van der Waals surface area contributed by atoms with Crippen molar-refractivity contribution in [3.05, 3.63) is 48.3 Å². The Morgan fingerprint density at radius 2 is 2.08 bits per heavy atom. The maximum absolute atomic E-state index is 11.4. The van der Waals surface area contributed by atoms with Gasteiger partial charge in [0.25, 0.3) is 0 Å². The first-order valence-corrected chi connectivity index (χ1v) is 8.36. The van der Waals surface area contributed by atoms with Crippen LogP contribution in [0.25, 0.3) is 16.9 Å². The van der Waals surface area contributed by atoms with Crippen molar-refractivity contribution >= 4 is 11.8 Å². The molecule has 0 saturated heterocycles. The van der Waals surface area contributed by atoms with Crippen molar-refractivity contribution in [1.82, 2.24) is 19.6 Å². The first kappa shape index (κ1) is 15.4. The zero-order chi connectivity index (χ0) is 17.4. The summed E-state index contributed by atoms with van der Waals surface area (Å²) in [6.07, 6.45) is 6.39. The van der Waals surface area contributed by atoms with Gasteiger partial charge in [-0.1, -0.05) is 18.2 Å². The van der Waals surface area contributed by atoms with E-state index < -0.39 is 6.03 Å². The number of hydrogen-bond acceptors (Lipinski definition) is 3. The summed E-state index contributed by atoms with van der Waals surface area (Å²) in [5.74, 6) is 1.33. The number of carbonyl (C=O) groups excluding carboxylic acids is 1. The summed E-state index contributed by atoms with van der Waals surface area (Å²) < 4.78 is 3.67. The maximum atomic E-state index is 11.4. The van der Waals surface area contributed by atoms with Gasteiger partial charge in [0.1, 0.15) is 11.5 Å². The molecule has 1 aliphatic rings. The lowest BCUT2D eigenvalue weighted by atomic mass is 10.1. The molecule has 2 amide bonds. The summed E-state index contributed by atoms with van der Waals surface area (Å²) in [4.78, 5) is 11.4. The molecule has 0 radical (unpaired) electrons. The Labute approximate surface area is 145 Å². The van der Waals surface area contributed by atoms with E-state index in [0.29, 0.717) is 5.82 Å². The van der Waals surface area contributed by atoms with E-state index in [4.69, 9.17) is 10.8 Å². The van der Waals surface area contributed by atoms with E-state index in [1.165, 1.54) is 12.8 Å². The van der Waals surface area contributed by atoms with Crippen LogP contribution in [0.15, 0.2) is 42.7 Å². The average Bonchev–Trinajstić information content (AvgIpc) is 3.20. The van der Waals surface area contributed by atoms with Crippen LogP contribution in [0.4, 0.5) is 10.6 Å². The SMILES string of the molecule is Cc1c(-c2cnn(CC3CC3)c2)nn(-c2ccccc2)c1NC(N)=O. The van der Waals surface area contributed by atoms with Gasteiger partial charge in [0.05, 0.1) is 11.9 Å². The van der Waals surface area contributed by atoms with Crippen molar-refractivity contribution in [2.24, 2.45) is 11.7 Å². The van der Waals surface area contributed by atoms with Crippen LogP contribution in [0.3, 0.4) is 0 Å². The molecule has 0 atom stereocenters. The van der Waals surface area contributed by atoms with Crippen LogP contribution in [0, 0.1) is 12.8 Å². The molecular weight excluding hydrogens is 316 g/mol. The van der Waals surface area contributed by atoms with Crippen molar-refractivity contribution in [2.75, 3.05) is 5.32 Å². The molecule has 1 aliphatic carbocycles. The van der Waals surface area contributed by atoms with Gasteiger partial charge in [-0.2, -0.15) is 10.2 Å². The third-order valence-electron chi connectivity index (χ3n) is 4.41. The number of nitrogens with one attached hydrogen (secondary N) is 1. The molecule has 0 unspecified atom stereocenters. The molecule has 4 rings (SSSR count). The number of primary amides is 1. The zero-order valence-electron chi connectivity index (χ0n) is 14.0. The molecule has 0 aliphatic heterocycles. The van der Waals surface area contributed by atoms with Crippen LogP contribution < -0.4 is 11.1 Å². The number of rotatable bonds is 5. The van der Waals surface area contributed by atoms with Gasteiger partial charge in [-0.05, 0) is 37.8 Å². The van der Waals surface area contributed by atoms with E-state index in [-0.39, 0.29) is 0 Å². The third kappa shape index (κ3) is 3.13. The molecule has 1 saturated carbocycles. The largest absolute Gasteiger partial charge is 0.351 e. The van der Waals surface area contributed by atoms with Crippen LogP contribution in [0.5, 0.6) is 0 Å². The van der Waals surface area contributed by atoms with E-state index in [9.17, 15) is 4.79 Å². The molecule has 3 N–H and O–H groups in total. The van der Waals surface area contributed by atoms with Gasteiger partial charge in [-0.15, -0.1) is 0 Å². The fraction of sp³-hybridized carbons (Fsp3) is 0.278. The Balaban J connectivity index is 1.76. The minimum Gasteiger partial charge on any atom is -0.351 e. The number of para-hydroxylation sites is 1. The second-order valence-corrected chi connectivity index (χ2v) is 6.45. The average molecular weight is 336 g/mol. The first-order valence-electron chi connectivity index (χ1n) is 8.36. The minimum absolute atomic E-state index is 0.573. The van der Waals surface area contributed by atoms with Gasteiger partial charge < -0.3 is 5.73 Å². The molecule has 128 valence electrons. The number of hydrogen-bond donors (Lipinski definition) is 2. The quantitative estimate of drug-likeness (QED) is 0.750. The minimum atomic E-state index is -0.615. The lowest BCUT2D eigenvalue weighted by molar-refractivity contribution is 0.259. The van der Waals surface area contributed by atoms with Gasteiger partial charge in [0.15, 0.2) is 0 Å². The lowest BCUT2D eigenvalue weighted by Crippen LogP contribution is -2.21. The number of nitrogens with two attached hydrogens (primary N) is 1. The Hall–Kier alpha value is -3.09. The Bertz CT molecular complexity index is 907. The van der Waals surface area contributed by atoms with Crippen molar-refractivity contribution in [3.63, 3.8) is 0 Å². The predicted octanol–water partition coefficient (Wildman–Crippen LogP) is 2.94. The standard InChI is InChI=1S/C18H20N6O/c1-12-16(14-9-20-23(11-14)10-13-7-8-13)22-24(17(12)21-18(19)25)15-5-3-2-4-6-15/h2-6,9,11,13H,7-8,10H2,1H3,(H3,19,21,25). The number of urea groups is 1. The summed E-state index contributed by atoms with van der Waals surface area (Å²) in [5, 5.41) is 11.8. The number of aromatic nitrogens is 4. The summed E-state index contributed by atoms with van der Waals surface area (Å²) >= 11 is 0. The molecule has 25 heavy (non-hydrogen) atoms. The molecule has 2 heterocycles. The van der Waals surface area contributed by atoms with Crippen LogP contribution >= 0.6 is 0 Å². The van der Waals surface area contributed by atoms with Gasteiger partial charge in [-0.25, -0.2) is 9.48 Å². The highest BCUT2D eigenvalue weighted by Gasteiger charge is 2.23. The first-order chi connectivity index (χ1) is 12.1. The van der Waals surface area contributed by atoms with Crippen molar-refractivity contribution in [2.45, 2.75) is 26.3 Å². The molecule has 7 heteroatoms. The number of benzene rings is 1. The predicted molar refractivity (Wildman–Crippen MR) is 95.5 cm³/mol. The normalized spacial score (nSPS) is 13.8. The highest BCUT2D eigenvalue weighted by atomic mass is 16.2. The van der Waals surface area contributed by atoms with Crippen molar-refractivity contribution in [1.29, 1.82) is 0 Å². The Morgan fingerprint density at radius 3 is 2.76 bits per heavy atom. The lowest BCUT2D eigenvalue weighted by Gasteiger charge is -2.07. The molecule has 7 nitrogen and oxygen atoms in total. The van der Waals surface area contributed by atoms with Crippen molar-refractivity contribution in [3.8, 4) is 16.9 Å². The Kier molecular flexibility index (Phi) is 3.76. The van der Waals surface area contributed by atoms with E-state index in [0.717, 1.165) is 35.0 Å². The van der Waals surface area contributed by atoms with Crippen LogP contribution in [-0.4, -0.2) is 25.6 Å². The fourth-order valence-electron chi connectivity index (χ4n) is 2.94. The second kappa shape index (κ2) is 6.08. The van der Waals surface area contributed by atoms with E-state index in [2.05, 4.69) is 10.4 Å². The number of anilines is 1. The molecule has 1 fully saturated rings. The van der Waals surface area contributed by atoms with Crippen LogP contribution in [0.2, 0.25) is 0 Å². The summed E-state index contributed by atoms with van der Waals surface area (Å²) in [6.45, 7) is 2.87. The summed E-state index contributed by atoms with van der Waals surface area (Å²) in [5.41, 5.74) is 8.77. The molecule has 1 aromatic carbocycles.